The molecule has 1 aromatic heterocycles. The number of terminal acetylenes is 1. The summed E-state index contributed by atoms with van der Waals surface area (Å²) in [6.45, 7) is 5.16. The summed E-state index contributed by atoms with van der Waals surface area (Å²) in [5, 5.41) is 3.44. The van der Waals surface area contributed by atoms with E-state index in [1.165, 1.54) is 5.56 Å². The number of nitrogens with one attached hydrogen (secondary N) is 1. The molecule has 1 rings (SSSR count). The number of aryl methyl sites for hydroxylation is 1. The van der Waals surface area contributed by atoms with Crippen molar-refractivity contribution in [3.05, 3.63) is 29.6 Å². The van der Waals surface area contributed by atoms with E-state index in [0.29, 0.717) is 6.42 Å². The summed E-state index contributed by atoms with van der Waals surface area (Å²) in [4.78, 5) is 4.28. The molecule has 0 aliphatic rings. The summed E-state index contributed by atoms with van der Waals surface area (Å²) in [6, 6.07) is 4.29. The number of aromatic nitrogens is 1. The highest BCUT2D eigenvalue weighted by atomic mass is 14.9. The van der Waals surface area contributed by atoms with Crippen LogP contribution in [-0.2, 0) is 0 Å². The van der Waals surface area contributed by atoms with Gasteiger partial charge < -0.3 is 5.32 Å². The molecule has 0 aliphatic heterocycles. The van der Waals surface area contributed by atoms with Crippen LogP contribution >= 0.6 is 0 Å². The van der Waals surface area contributed by atoms with E-state index in [2.05, 4.69) is 29.2 Å². The molecular weight excluding hydrogens is 184 g/mol. The predicted molar refractivity (Wildman–Crippen MR) is 63.5 cm³/mol. The van der Waals surface area contributed by atoms with Gasteiger partial charge in [-0.1, -0.05) is 13.0 Å². The number of hydrogen-bond donors (Lipinski definition) is 1. The van der Waals surface area contributed by atoms with Crippen LogP contribution in [0.2, 0.25) is 0 Å². The number of pyridine rings is 1. The fourth-order valence-corrected chi connectivity index (χ4v) is 1.59. The minimum atomic E-state index is 0.239. The average molecular weight is 202 g/mol. The zero-order valence-corrected chi connectivity index (χ0v) is 9.46. The van der Waals surface area contributed by atoms with Gasteiger partial charge in [-0.15, -0.1) is 12.3 Å². The molecule has 0 aromatic carbocycles. The van der Waals surface area contributed by atoms with Crippen molar-refractivity contribution in [1.82, 2.24) is 10.3 Å². The van der Waals surface area contributed by atoms with Gasteiger partial charge in [0.1, 0.15) is 0 Å². The zero-order chi connectivity index (χ0) is 11.1. The van der Waals surface area contributed by atoms with Crippen molar-refractivity contribution in [3.8, 4) is 12.3 Å². The smallest absolute Gasteiger partial charge is 0.0448 e. The van der Waals surface area contributed by atoms with Crippen molar-refractivity contribution in [1.29, 1.82) is 0 Å². The highest BCUT2D eigenvalue weighted by molar-refractivity contribution is 5.23. The van der Waals surface area contributed by atoms with Crippen LogP contribution in [0, 0.1) is 19.3 Å². The Morgan fingerprint density at radius 1 is 1.60 bits per heavy atom. The van der Waals surface area contributed by atoms with E-state index in [1.807, 2.05) is 19.2 Å². The predicted octanol–water partition coefficient (Wildman–Crippen LogP) is 2.45. The van der Waals surface area contributed by atoms with Crippen molar-refractivity contribution >= 4 is 0 Å². The third-order valence-electron chi connectivity index (χ3n) is 2.39. The topological polar surface area (TPSA) is 24.9 Å². The lowest BCUT2D eigenvalue weighted by Gasteiger charge is -2.17. The summed E-state index contributed by atoms with van der Waals surface area (Å²) < 4.78 is 0. The lowest BCUT2D eigenvalue weighted by molar-refractivity contribution is 0.538. The number of rotatable bonds is 5. The zero-order valence-electron chi connectivity index (χ0n) is 9.46. The second kappa shape index (κ2) is 6.21. The van der Waals surface area contributed by atoms with Crippen LogP contribution < -0.4 is 5.32 Å². The Morgan fingerprint density at radius 2 is 2.40 bits per heavy atom. The van der Waals surface area contributed by atoms with Crippen molar-refractivity contribution in [2.75, 3.05) is 6.54 Å². The molecule has 0 fully saturated rings. The molecule has 1 aromatic rings. The standard InChI is InChI=1S/C13H18N2/c1-4-7-13(15-9-5-2)12-8-6-10-14-11(12)3/h1,6,8,10,13,15H,5,7,9H2,2-3H3. The quantitative estimate of drug-likeness (QED) is 0.742. The van der Waals surface area contributed by atoms with Crippen molar-refractivity contribution in [2.45, 2.75) is 32.7 Å². The Kier molecular flexibility index (Phi) is 4.86. The summed E-state index contributed by atoms with van der Waals surface area (Å²) in [6.07, 6.45) is 9.02. The lowest BCUT2D eigenvalue weighted by atomic mass is 10.0. The molecule has 0 aliphatic carbocycles. The molecule has 80 valence electrons. The molecule has 0 saturated heterocycles. The number of hydrogen-bond acceptors (Lipinski definition) is 2. The van der Waals surface area contributed by atoms with E-state index in [9.17, 15) is 0 Å². The van der Waals surface area contributed by atoms with Crippen molar-refractivity contribution in [3.63, 3.8) is 0 Å². The largest absolute Gasteiger partial charge is 0.309 e. The molecule has 0 bridgehead atoms. The Balaban J connectivity index is 2.79. The van der Waals surface area contributed by atoms with E-state index in [0.717, 1.165) is 18.7 Å². The second-order valence-corrected chi connectivity index (χ2v) is 3.59. The molecule has 2 nitrogen and oxygen atoms in total. The first-order chi connectivity index (χ1) is 7.29. The fraction of sp³-hybridized carbons (Fsp3) is 0.462. The highest BCUT2D eigenvalue weighted by Gasteiger charge is 2.11. The normalized spacial score (nSPS) is 12.1. The summed E-state index contributed by atoms with van der Waals surface area (Å²) in [5.41, 5.74) is 2.27. The average Bonchev–Trinajstić information content (AvgIpc) is 2.25. The third-order valence-corrected chi connectivity index (χ3v) is 2.39. The molecule has 0 amide bonds. The Labute approximate surface area is 92.1 Å². The molecule has 0 saturated carbocycles. The maximum absolute atomic E-state index is 5.38. The molecule has 0 radical (unpaired) electrons. The van der Waals surface area contributed by atoms with E-state index in [-0.39, 0.29) is 6.04 Å². The first kappa shape index (κ1) is 11.7. The van der Waals surface area contributed by atoms with Gasteiger partial charge >= 0.3 is 0 Å². The SMILES string of the molecule is C#CCC(NCCC)c1cccnc1C. The summed E-state index contributed by atoms with van der Waals surface area (Å²) in [5.74, 6) is 2.71. The van der Waals surface area contributed by atoms with Gasteiger partial charge in [0.05, 0.1) is 0 Å². The lowest BCUT2D eigenvalue weighted by Crippen LogP contribution is -2.22. The minimum Gasteiger partial charge on any atom is -0.309 e. The fourth-order valence-electron chi connectivity index (χ4n) is 1.59. The van der Waals surface area contributed by atoms with E-state index in [1.54, 1.807) is 0 Å². The van der Waals surface area contributed by atoms with Crippen LogP contribution in [0.4, 0.5) is 0 Å². The van der Waals surface area contributed by atoms with Gasteiger partial charge in [-0.05, 0) is 31.5 Å². The summed E-state index contributed by atoms with van der Waals surface area (Å²) >= 11 is 0. The second-order valence-electron chi connectivity index (χ2n) is 3.59. The van der Waals surface area contributed by atoms with Gasteiger partial charge in [-0.3, -0.25) is 4.98 Å². The van der Waals surface area contributed by atoms with Crippen LogP contribution in [0.25, 0.3) is 0 Å². The van der Waals surface area contributed by atoms with Crippen LogP contribution in [0.3, 0.4) is 0 Å². The van der Waals surface area contributed by atoms with Gasteiger partial charge in [-0.25, -0.2) is 0 Å². The number of nitrogens with zero attached hydrogens (tertiary/aromatic N) is 1. The van der Waals surface area contributed by atoms with Gasteiger partial charge in [0.2, 0.25) is 0 Å². The molecule has 1 atom stereocenters. The van der Waals surface area contributed by atoms with Gasteiger partial charge in [0, 0.05) is 24.4 Å². The van der Waals surface area contributed by atoms with Gasteiger partial charge in [0.25, 0.3) is 0 Å². The maximum Gasteiger partial charge on any atom is 0.0448 e. The highest BCUT2D eigenvalue weighted by Crippen LogP contribution is 2.18. The van der Waals surface area contributed by atoms with Crippen molar-refractivity contribution in [2.24, 2.45) is 0 Å². The van der Waals surface area contributed by atoms with E-state index >= 15 is 0 Å². The van der Waals surface area contributed by atoms with Crippen LogP contribution in [-0.4, -0.2) is 11.5 Å². The minimum absolute atomic E-state index is 0.239. The molecule has 1 heterocycles. The summed E-state index contributed by atoms with van der Waals surface area (Å²) in [7, 11) is 0. The van der Waals surface area contributed by atoms with Crippen LogP contribution in [0.5, 0.6) is 0 Å². The Hall–Kier alpha value is -1.33. The van der Waals surface area contributed by atoms with E-state index in [4.69, 9.17) is 6.42 Å². The third kappa shape index (κ3) is 3.38. The Morgan fingerprint density at radius 3 is 3.00 bits per heavy atom. The van der Waals surface area contributed by atoms with Crippen LogP contribution in [0.1, 0.15) is 37.1 Å². The first-order valence-corrected chi connectivity index (χ1v) is 5.38. The molecule has 2 heteroatoms. The molecular formula is C13H18N2. The van der Waals surface area contributed by atoms with Crippen molar-refractivity contribution < 1.29 is 0 Å². The van der Waals surface area contributed by atoms with Crippen LogP contribution in [0.15, 0.2) is 18.3 Å². The Bertz CT molecular complexity index is 339. The molecule has 0 spiro atoms. The molecule has 1 unspecified atom stereocenters. The van der Waals surface area contributed by atoms with E-state index < -0.39 is 0 Å². The van der Waals surface area contributed by atoms with Gasteiger partial charge in [0.15, 0.2) is 0 Å². The molecule has 15 heavy (non-hydrogen) atoms. The van der Waals surface area contributed by atoms with Gasteiger partial charge in [-0.2, -0.15) is 0 Å². The first-order valence-electron chi connectivity index (χ1n) is 5.38. The maximum atomic E-state index is 5.38. The molecule has 1 N–H and O–H groups in total. The monoisotopic (exact) mass is 202 g/mol.